The first-order valence-corrected chi connectivity index (χ1v) is 6.94. The zero-order chi connectivity index (χ0) is 15.7. The lowest BCUT2D eigenvalue weighted by Crippen LogP contribution is -2.29. The van der Waals surface area contributed by atoms with Crippen LogP contribution in [0.3, 0.4) is 0 Å². The van der Waals surface area contributed by atoms with E-state index in [1.165, 1.54) is 12.1 Å². The van der Waals surface area contributed by atoms with Gasteiger partial charge in [-0.3, -0.25) is 0 Å². The lowest BCUT2D eigenvalue weighted by atomic mass is 10.0. The highest BCUT2D eigenvalue weighted by atomic mass is 19.1. The molecule has 3 rings (SSSR count). The molecule has 0 saturated carbocycles. The lowest BCUT2D eigenvalue weighted by Gasteiger charge is -2.25. The molecule has 1 atom stereocenters. The summed E-state index contributed by atoms with van der Waals surface area (Å²) >= 11 is 0. The highest BCUT2D eigenvalue weighted by Crippen LogP contribution is 2.30. The molecule has 0 fully saturated rings. The summed E-state index contributed by atoms with van der Waals surface area (Å²) in [4.78, 5) is 15.5. The van der Waals surface area contributed by atoms with Gasteiger partial charge < -0.3 is 15.2 Å². The van der Waals surface area contributed by atoms with Gasteiger partial charge in [0.05, 0.1) is 11.7 Å². The summed E-state index contributed by atoms with van der Waals surface area (Å²) < 4.78 is 18.4. The SMILES string of the molecule is CC1COc2nc(C(=O)O)c(Cc3ccc(F)cc3)cc2N1. The molecular weight excluding hydrogens is 287 g/mol. The Hall–Kier alpha value is -2.63. The van der Waals surface area contributed by atoms with Crippen LogP contribution in [0.15, 0.2) is 30.3 Å². The first kappa shape index (κ1) is 14.3. The summed E-state index contributed by atoms with van der Waals surface area (Å²) in [5.74, 6) is -1.13. The van der Waals surface area contributed by atoms with Crippen molar-refractivity contribution in [2.75, 3.05) is 11.9 Å². The molecule has 0 aliphatic carbocycles. The Morgan fingerprint density at radius 3 is 2.86 bits per heavy atom. The van der Waals surface area contributed by atoms with Crippen LogP contribution in [-0.2, 0) is 6.42 Å². The standard InChI is InChI=1S/C16H15FN2O3/c1-9-8-22-15-13(18-9)7-11(14(19-15)16(20)21)6-10-2-4-12(17)5-3-10/h2-5,7,9,18H,6,8H2,1H3,(H,20,21). The topological polar surface area (TPSA) is 71.5 Å². The zero-order valence-electron chi connectivity index (χ0n) is 12.0. The molecule has 1 aliphatic rings. The predicted octanol–water partition coefficient (Wildman–Crippen LogP) is 2.70. The molecule has 1 aliphatic heterocycles. The second-order valence-corrected chi connectivity index (χ2v) is 5.31. The van der Waals surface area contributed by atoms with Crippen LogP contribution in [0.5, 0.6) is 5.88 Å². The molecule has 0 bridgehead atoms. The van der Waals surface area contributed by atoms with Crippen LogP contribution in [0.4, 0.5) is 10.1 Å². The molecule has 1 aromatic carbocycles. The second kappa shape index (κ2) is 5.63. The molecule has 2 aromatic rings. The highest BCUT2D eigenvalue weighted by molar-refractivity contribution is 5.88. The Morgan fingerprint density at radius 2 is 2.18 bits per heavy atom. The van der Waals surface area contributed by atoms with Crippen LogP contribution in [-0.4, -0.2) is 28.7 Å². The molecule has 0 spiro atoms. The normalized spacial score (nSPS) is 16.4. The number of rotatable bonds is 3. The molecule has 22 heavy (non-hydrogen) atoms. The van der Waals surface area contributed by atoms with E-state index in [9.17, 15) is 14.3 Å². The Bertz CT molecular complexity index is 716. The number of nitrogens with zero attached hydrogens (tertiary/aromatic N) is 1. The van der Waals surface area contributed by atoms with Gasteiger partial charge in [-0.15, -0.1) is 0 Å². The van der Waals surface area contributed by atoms with E-state index in [0.717, 1.165) is 5.56 Å². The van der Waals surface area contributed by atoms with Crippen LogP contribution in [0.2, 0.25) is 0 Å². The average Bonchev–Trinajstić information content (AvgIpc) is 2.48. The Balaban J connectivity index is 1.99. The average molecular weight is 302 g/mol. The number of ether oxygens (including phenoxy) is 1. The minimum atomic E-state index is -1.11. The van der Waals surface area contributed by atoms with Crippen molar-refractivity contribution in [3.05, 3.63) is 53.0 Å². The third-order valence-corrected chi connectivity index (χ3v) is 3.45. The quantitative estimate of drug-likeness (QED) is 0.912. The predicted molar refractivity (Wildman–Crippen MR) is 79.0 cm³/mol. The molecule has 1 aromatic heterocycles. The lowest BCUT2D eigenvalue weighted by molar-refractivity contribution is 0.0688. The van der Waals surface area contributed by atoms with E-state index in [0.29, 0.717) is 30.2 Å². The summed E-state index contributed by atoms with van der Waals surface area (Å²) in [6.07, 6.45) is 0.359. The third-order valence-electron chi connectivity index (χ3n) is 3.45. The summed E-state index contributed by atoms with van der Waals surface area (Å²) in [6, 6.07) is 7.84. The fourth-order valence-corrected chi connectivity index (χ4v) is 2.40. The van der Waals surface area contributed by atoms with Gasteiger partial charge in [0.25, 0.3) is 0 Å². The minimum absolute atomic E-state index is 0.0422. The number of hydrogen-bond acceptors (Lipinski definition) is 4. The number of carbonyl (C=O) groups is 1. The molecule has 114 valence electrons. The van der Waals surface area contributed by atoms with Crippen molar-refractivity contribution in [2.24, 2.45) is 0 Å². The summed E-state index contributed by atoms with van der Waals surface area (Å²) in [5, 5.41) is 12.6. The minimum Gasteiger partial charge on any atom is -0.476 e. The maximum Gasteiger partial charge on any atom is 0.354 e. The van der Waals surface area contributed by atoms with Crippen molar-refractivity contribution in [3.8, 4) is 5.88 Å². The van der Waals surface area contributed by atoms with Crippen LogP contribution in [0, 0.1) is 5.82 Å². The summed E-state index contributed by atoms with van der Waals surface area (Å²) in [5.41, 5.74) is 2.01. The number of aromatic nitrogens is 1. The molecule has 0 amide bonds. The third kappa shape index (κ3) is 2.86. The summed E-state index contributed by atoms with van der Waals surface area (Å²) in [7, 11) is 0. The number of anilines is 1. The van der Waals surface area contributed by atoms with Crippen LogP contribution >= 0.6 is 0 Å². The van der Waals surface area contributed by atoms with Gasteiger partial charge in [0.2, 0.25) is 5.88 Å². The number of nitrogens with one attached hydrogen (secondary N) is 1. The molecule has 5 nitrogen and oxygen atoms in total. The second-order valence-electron chi connectivity index (χ2n) is 5.31. The maximum absolute atomic E-state index is 13.0. The monoisotopic (exact) mass is 302 g/mol. The number of fused-ring (bicyclic) bond motifs is 1. The first-order valence-electron chi connectivity index (χ1n) is 6.94. The molecule has 2 heterocycles. The molecule has 2 N–H and O–H groups in total. The number of carboxylic acids is 1. The van der Waals surface area contributed by atoms with Gasteiger partial charge in [0.1, 0.15) is 12.4 Å². The van der Waals surface area contributed by atoms with Gasteiger partial charge in [-0.2, -0.15) is 0 Å². The number of carboxylic acid groups (broad SMARTS) is 1. The molecule has 6 heteroatoms. The zero-order valence-corrected chi connectivity index (χ0v) is 12.0. The van der Waals surface area contributed by atoms with E-state index in [1.54, 1.807) is 18.2 Å². The van der Waals surface area contributed by atoms with E-state index in [-0.39, 0.29) is 17.6 Å². The Morgan fingerprint density at radius 1 is 1.45 bits per heavy atom. The number of aromatic carboxylic acids is 1. The number of halogens is 1. The largest absolute Gasteiger partial charge is 0.476 e. The van der Waals surface area contributed by atoms with Gasteiger partial charge in [-0.1, -0.05) is 12.1 Å². The van der Waals surface area contributed by atoms with E-state index in [2.05, 4.69) is 10.3 Å². The smallest absolute Gasteiger partial charge is 0.354 e. The molecule has 0 radical (unpaired) electrons. The Labute approximate surface area is 126 Å². The Kier molecular flexibility index (Phi) is 3.66. The molecular formula is C16H15FN2O3. The van der Waals surface area contributed by atoms with E-state index in [1.807, 2.05) is 6.92 Å². The van der Waals surface area contributed by atoms with Gasteiger partial charge in [0, 0.05) is 0 Å². The van der Waals surface area contributed by atoms with Gasteiger partial charge in [0.15, 0.2) is 5.69 Å². The maximum atomic E-state index is 13.0. The van der Waals surface area contributed by atoms with Crippen molar-refractivity contribution in [1.82, 2.24) is 4.98 Å². The van der Waals surface area contributed by atoms with Crippen LogP contribution in [0.25, 0.3) is 0 Å². The van der Waals surface area contributed by atoms with Crippen molar-refractivity contribution >= 4 is 11.7 Å². The van der Waals surface area contributed by atoms with Crippen molar-refractivity contribution in [2.45, 2.75) is 19.4 Å². The van der Waals surface area contributed by atoms with E-state index in [4.69, 9.17) is 4.74 Å². The molecule has 1 unspecified atom stereocenters. The van der Waals surface area contributed by atoms with Gasteiger partial charge >= 0.3 is 5.97 Å². The number of benzene rings is 1. The van der Waals surface area contributed by atoms with Gasteiger partial charge in [-0.25, -0.2) is 14.2 Å². The van der Waals surface area contributed by atoms with E-state index >= 15 is 0 Å². The van der Waals surface area contributed by atoms with Crippen molar-refractivity contribution in [3.63, 3.8) is 0 Å². The van der Waals surface area contributed by atoms with Crippen LogP contribution in [0.1, 0.15) is 28.5 Å². The van der Waals surface area contributed by atoms with Crippen molar-refractivity contribution in [1.29, 1.82) is 0 Å². The van der Waals surface area contributed by atoms with Crippen LogP contribution < -0.4 is 10.1 Å². The number of pyridine rings is 1. The number of hydrogen-bond donors (Lipinski definition) is 2. The van der Waals surface area contributed by atoms with Crippen molar-refractivity contribution < 1.29 is 19.0 Å². The molecule has 0 saturated heterocycles. The summed E-state index contributed by atoms with van der Waals surface area (Å²) in [6.45, 7) is 2.41. The van der Waals surface area contributed by atoms with E-state index < -0.39 is 5.97 Å². The highest BCUT2D eigenvalue weighted by Gasteiger charge is 2.22. The first-order chi connectivity index (χ1) is 10.5. The fraction of sp³-hybridized carbons (Fsp3) is 0.250. The fourth-order valence-electron chi connectivity index (χ4n) is 2.40. The van der Waals surface area contributed by atoms with Gasteiger partial charge in [-0.05, 0) is 42.7 Å².